The maximum atomic E-state index is 12.4. The minimum atomic E-state index is -3.69. The minimum absolute atomic E-state index is 0.202. The first kappa shape index (κ1) is 17.1. The molecule has 0 bridgehead atoms. The van der Waals surface area contributed by atoms with Crippen molar-refractivity contribution in [1.82, 2.24) is 0 Å². The summed E-state index contributed by atoms with van der Waals surface area (Å²) in [7, 11) is -3.69. The van der Waals surface area contributed by atoms with Crippen LogP contribution in [0, 0.1) is 0 Å². The van der Waals surface area contributed by atoms with Crippen molar-refractivity contribution >= 4 is 70.5 Å². The van der Waals surface area contributed by atoms with E-state index in [0.29, 0.717) is 27.5 Å². The highest BCUT2D eigenvalue weighted by Gasteiger charge is 2.20. The third-order valence-corrected chi connectivity index (χ3v) is 6.64. The summed E-state index contributed by atoms with van der Waals surface area (Å²) in [5.74, 6) is 0.404. The summed E-state index contributed by atoms with van der Waals surface area (Å²) in [5.41, 5.74) is 0.292. The van der Waals surface area contributed by atoms with Crippen LogP contribution in [0.5, 0.6) is 5.75 Å². The molecular formula is C12H10Br2ClNO3S2. The van der Waals surface area contributed by atoms with Crippen LogP contribution in [0.2, 0.25) is 5.02 Å². The van der Waals surface area contributed by atoms with Crippen molar-refractivity contribution < 1.29 is 13.2 Å². The number of ether oxygens (including phenoxy) is 1. The van der Waals surface area contributed by atoms with Crippen molar-refractivity contribution in [3.8, 4) is 5.75 Å². The number of anilines is 1. The quantitative estimate of drug-likeness (QED) is 0.653. The van der Waals surface area contributed by atoms with Gasteiger partial charge in [0.05, 0.1) is 20.6 Å². The van der Waals surface area contributed by atoms with E-state index in [1.165, 1.54) is 12.1 Å². The molecule has 0 unspecified atom stereocenters. The molecule has 0 amide bonds. The van der Waals surface area contributed by atoms with Crippen LogP contribution in [0.25, 0.3) is 0 Å². The monoisotopic (exact) mass is 473 g/mol. The summed E-state index contributed by atoms with van der Waals surface area (Å²) >= 11 is 13.7. The lowest BCUT2D eigenvalue weighted by Gasteiger charge is -2.14. The second-order valence-electron chi connectivity index (χ2n) is 3.86. The summed E-state index contributed by atoms with van der Waals surface area (Å²) in [6.07, 6.45) is 0. The molecule has 0 aliphatic rings. The molecule has 1 heterocycles. The highest BCUT2D eigenvalue weighted by atomic mass is 79.9. The third kappa shape index (κ3) is 4.13. The number of halogens is 3. The Kier molecular flexibility index (Phi) is 5.59. The molecule has 1 N–H and O–H groups in total. The first-order chi connectivity index (χ1) is 9.83. The zero-order valence-corrected chi connectivity index (χ0v) is 16.3. The molecular weight excluding hydrogens is 466 g/mol. The maximum absolute atomic E-state index is 12.4. The number of rotatable bonds is 5. The lowest BCUT2D eigenvalue weighted by atomic mass is 10.3. The normalized spacial score (nSPS) is 11.4. The van der Waals surface area contributed by atoms with Crippen molar-refractivity contribution in [2.45, 2.75) is 11.1 Å². The summed E-state index contributed by atoms with van der Waals surface area (Å²) in [6.45, 7) is 2.22. The van der Waals surface area contributed by atoms with Crippen LogP contribution in [0.15, 0.2) is 36.7 Å². The average molecular weight is 476 g/mol. The molecule has 0 aliphatic heterocycles. The van der Waals surface area contributed by atoms with E-state index in [2.05, 4.69) is 36.6 Å². The van der Waals surface area contributed by atoms with Crippen LogP contribution in [-0.2, 0) is 10.0 Å². The smallest absolute Gasteiger partial charge is 0.271 e. The fraction of sp³-hybridized carbons (Fsp3) is 0.167. The van der Waals surface area contributed by atoms with Crippen LogP contribution < -0.4 is 9.46 Å². The van der Waals surface area contributed by atoms with Gasteiger partial charge in [0.15, 0.2) is 5.75 Å². The molecule has 0 aliphatic carbocycles. The van der Waals surface area contributed by atoms with Gasteiger partial charge in [-0.05, 0) is 63.0 Å². The highest BCUT2D eigenvalue weighted by molar-refractivity contribution is 9.11. The van der Waals surface area contributed by atoms with E-state index >= 15 is 0 Å². The first-order valence-corrected chi connectivity index (χ1v) is 10.00. The number of sulfonamides is 1. The van der Waals surface area contributed by atoms with Crippen molar-refractivity contribution in [1.29, 1.82) is 0 Å². The predicted molar refractivity (Wildman–Crippen MR) is 93.1 cm³/mol. The molecule has 1 aromatic carbocycles. The second-order valence-corrected chi connectivity index (χ2v) is 9.52. The Morgan fingerprint density at radius 2 is 2.05 bits per heavy atom. The maximum Gasteiger partial charge on any atom is 0.271 e. The van der Waals surface area contributed by atoms with E-state index in [9.17, 15) is 8.42 Å². The largest absolute Gasteiger partial charge is 0.490 e. The highest BCUT2D eigenvalue weighted by Crippen LogP contribution is 2.38. The van der Waals surface area contributed by atoms with Gasteiger partial charge in [-0.15, -0.1) is 11.3 Å². The lowest BCUT2D eigenvalue weighted by molar-refractivity contribution is 0.340. The van der Waals surface area contributed by atoms with Gasteiger partial charge >= 0.3 is 0 Å². The van der Waals surface area contributed by atoms with Gasteiger partial charge in [0.25, 0.3) is 10.0 Å². The summed E-state index contributed by atoms with van der Waals surface area (Å²) in [4.78, 5) is 0. The zero-order chi connectivity index (χ0) is 15.6. The molecule has 0 atom stereocenters. The van der Waals surface area contributed by atoms with E-state index in [4.69, 9.17) is 16.3 Å². The van der Waals surface area contributed by atoms with Crippen LogP contribution >= 0.6 is 54.8 Å². The molecule has 2 rings (SSSR count). The summed E-state index contributed by atoms with van der Waals surface area (Å²) in [5, 5.41) is 0.399. The molecule has 0 radical (unpaired) electrons. The lowest BCUT2D eigenvalue weighted by Crippen LogP contribution is -2.12. The van der Waals surface area contributed by atoms with Crippen LogP contribution in [-0.4, -0.2) is 15.0 Å². The topological polar surface area (TPSA) is 55.4 Å². The summed E-state index contributed by atoms with van der Waals surface area (Å²) in [6, 6.07) is 6.36. The van der Waals surface area contributed by atoms with E-state index in [1.54, 1.807) is 12.1 Å². The third-order valence-electron chi connectivity index (χ3n) is 2.35. The Hall–Kier alpha value is -0.280. The van der Waals surface area contributed by atoms with E-state index in [-0.39, 0.29) is 4.21 Å². The van der Waals surface area contributed by atoms with Crippen molar-refractivity contribution in [3.05, 3.63) is 37.5 Å². The van der Waals surface area contributed by atoms with Crippen molar-refractivity contribution in [2.24, 2.45) is 0 Å². The molecule has 114 valence electrons. The minimum Gasteiger partial charge on any atom is -0.490 e. The standard InChI is InChI=1S/C12H10Br2ClNO3S2/c1-2-19-12-8(13)5-7(15)6-9(12)16-21(17,18)11-4-3-10(14)20-11/h3-6,16H,2H2,1H3. The fourth-order valence-electron chi connectivity index (χ4n) is 1.56. The van der Waals surface area contributed by atoms with Gasteiger partial charge < -0.3 is 4.74 Å². The number of hydrogen-bond acceptors (Lipinski definition) is 4. The van der Waals surface area contributed by atoms with Gasteiger partial charge in [0, 0.05) is 5.02 Å². The van der Waals surface area contributed by atoms with Crippen molar-refractivity contribution in [3.63, 3.8) is 0 Å². The molecule has 1 aromatic heterocycles. The summed E-state index contributed by atoms with van der Waals surface area (Å²) < 4.78 is 34.2. The molecule has 21 heavy (non-hydrogen) atoms. The Bertz CT molecular complexity index is 762. The molecule has 2 aromatic rings. The number of nitrogens with one attached hydrogen (secondary N) is 1. The van der Waals surface area contributed by atoms with Crippen LogP contribution in [0.4, 0.5) is 5.69 Å². The van der Waals surface area contributed by atoms with Gasteiger partial charge in [-0.1, -0.05) is 11.6 Å². The average Bonchev–Trinajstić information content (AvgIpc) is 2.81. The SMILES string of the molecule is CCOc1c(Br)cc(Cl)cc1NS(=O)(=O)c1ccc(Br)s1. The first-order valence-electron chi connectivity index (χ1n) is 5.73. The Morgan fingerprint density at radius 3 is 2.62 bits per heavy atom. The molecule has 0 fully saturated rings. The Balaban J connectivity index is 2.43. The molecule has 0 saturated heterocycles. The van der Waals surface area contributed by atoms with E-state index in [1.807, 2.05) is 6.92 Å². The van der Waals surface area contributed by atoms with Gasteiger partial charge in [-0.3, -0.25) is 4.72 Å². The number of hydrogen-bond donors (Lipinski definition) is 1. The number of benzene rings is 1. The molecule has 0 spiro atoms. The van der Waals surface area contributed by atoms with Gasteiger partial charge in [-0.25, -0.2) is 8.42 Å². The fourth-order valence-corrected chi connectivity index (χ4v) is 5.55. The molecule has 4 nitrogen and oxygen atoms in total. The van der Waals surface area contributed by atoms with Gasteiger partial charge in [0.2, 0.25) is 0 Å². The Labute approximate surface area is 148 Å². The Morgan fingerprint density at radius 1 is 1.33 bits per heavy atom. The predicted octanol–water partition coefficient (Wildman–Crippen LogP) is 5.13. The van der Waals surface area contributed by atoms with Crippen LogP contribution in [0.3, 0.4) is 0 Å². The zero-order valence-electron chi connectivity index (χ0n) is 10.7. The molecule has 0 saturated carbocycles. The van der Waals surface area contributed by atoms with E-state index < -0.39 is 10.0 Å². The number of thiophene rings is 1. The molecule has 9 heteroatoms. The van der Waals surface area contributed by atoms with Gasteiger partial charge in [0.1, 0.15) is 4.21 Å². The van der Waals surface area contributed by atoms with E-state index in [0.717, 1.165) is 15.1 Å². The van der Waals surface area contributed by atoms with Crippen molar-refractivity contribution in [2.75, 3.05) is 11.3 Å². The second kappa shape index (κ2) is 6.87. The van der Waals surface area contributed by atoms with Crippen LogP contribution in [0.1, 0.15) is 6.92 Å². The van der Waals surface area contributed by atoms with Gasteiger partial charge in [-0.2, -0.15) is 0 Å².